The number of aryl methyl sites for hydroxylation is 1. The molecule has 0 saturated carbocycles. The molecule has 0 unspecified atom stereocenters. The van der Waals surface area contributed by atoms with E-state index in [1.807, 2.05) is 12.1 Å². The highest BCUT2D eigenvalue weighted by Gasteiger charge is 1.99. The van der Waals surface area contributed by atoms with Gasteiger partial charge in [-0.3, -0.25) is 0 Å². The van der Waals surface area contributed by atoms with E-state index in [4.69, 9.17) is 11.6 Å². The second-order valence-electron chi connectivity index (χ2n) is 5.74. The van der Waals surface area contributed by atoms with Gasteiger partial charge in [-0.25, -0.2) is 4.39 Å². The van der Waals surface area contributed by atoms with Crippen molar-refractivity contribution in [2.75, 3.05) is 0 Å². The van der Waals surface area contributed by atoms with Crippen LogP contribution < -0.4 is 0 Å². The Balaban J connectivity index is 1.91. The summed E-state index contributed by atoms with van der Waals surface area (Å²) >= 11 is 5.73. The molecule has 0 heterocycles. The van der Waals surface area contributed by atoms with Crippen LogP contribution in [0.25, 0.3) is 0 Å². The lowest BCUT2D eigenvalue weighted by atomic mass is 10.0. The zero-order valence-corrected chi connectivity index (χ0v) is 14.3. The van der Waals surface area contributed by atoms with Gasteiger partial charge in [0.25, 0.3) is 0 Å². The summed E-state index contributed by atoms with van der Waals surface area (Å²) < 4.78 is 13.7. The van der Waals surface area contributed by atoms with Gasteiger partial charge in [-0.05, 0) is 48.7 Å². The van der Waals surface area contributed by atoms with E-state index in [-0.39, 0.29) is 5.82 Å². The molecule has 2 rings (SSSR count). The van der Waals surface area contributed by atoms with Crippen LogP contribution in [0.15, 0.2) is 42.5 Å². The molecule has 0 aliphatic rings. The van der Waals surface area contributed by atoms with E-state index in [9.17, 15) is 4.39 Å². The van der Waals surface area contributed by atoms with E-state index in [0.717, 1.165) is 12.0 Å². The Morgan fingerprint density at radius 3 is 2.35 bits per heavy atom. The molecule has 2 aromatic rings. The molecular formula is C21H22ClF. The van der Waals surface area contributed by atoms with Crippen LogP contribution in [0.3, 0.4) is 0 Å². The molecular weight excluding hydrogens is 307 g/mol. The van der Waals surface area contributed by atoms with Gasteiger partial charge in [0.1, 0.15) is 5.82 Å². The zero-order chi connectivity index (χ0) is 16.5. The van der Waals surface area contributed by atoms with Crippen molar-refractivity contribution in [1.29, 1.82) is 0 Å². The SMILES string of the molecule is CCCCCCCc1ccc(C#Cc2ccc(Cl)cc2F)cc1. The van der Waals surface area contributed by atoms with E-state index in [1.165, 1.54) is 43.7 Å². The summed E-state index contributed by atoms with van der Waals surface area (Å²) in [6.07, 6.45) is 7.58. The maximum atomic E-state index is 13.7. The molecule has 0 radical (unpaired) electrons. The van der Waals surface area contributed by atoms with Gasteiger partial charge in [0.15, 0.2) is 0 Å². The molecule has 0 fully saturated rings. The van der Waals surface area contributed by atoms with Crippen molar-refractivity contribution in [1.82, 2.24) is 0 Å². The van der Waals surface area contributed by atoms with Crippen LogP contribution in [0.5, 0.6) is 0 Å². The first-order valence-electron chi connectivity index (χ1n) is 8.25. The number of halogens is 2. The summed E-state index contributed by atoms with van der Waals surface area (Å²) in [5, 5.41) is 0.385. The monoisotopic (exact) mass is 328 g/mol. The Morgan fingerprint density at radius 1 is 0.913 bits per heavy atom. The predicted octanol–water partition coefficient (Wildman–Crippen LogP) is 6.39. The standard InChI is InChI=1S/C21H22ClF/c1-2-3-4-5-6-7-17-8-10-18(11-9-17)12-13-19-14-15-20(22)16-21(19)23/h8-11,14-16H,2-7H2,1H3. The van der Waals surface area contributed by atoms with E-state index in [0.29, 0.717) is 10.6 Å². The number of rotatable bonds is 6. The Kier molecular flexibility index (Phi) is 7.17. The van der Waals surface area contributed by atoms with Crippen LogP contribution in [0.1, 0.15) is 55.7 Å². The maximum absolute atomic E-state index is 13.7. The van der Waals surface area contributed by atoms with Crippen molar-refractivity contribution in [3.8, 4) is 11.8 Å². The van der Waals surface area contributed by atoms with Gasteiger partial charge in [0, 0.05) is 10.6 Å². The molecule has 23 heavy (non-hydrogen) atoms. The van der Waals surface area contributed by atoms with Gasteiger partial charge >= 0.3 is 0 Å². The highest BCUT2D eigenvalue weighted by molar-refractivity contribution is 6.30. The Bertz CT molecular complexity index is 677. The third-order valence-electron chi connectivity index (χ3n) is 3.80. The summed E-state index contributed by atoms with van der Waals surface area (Å²) in [5.74, 6) is 5.48. The van der Waals surface area contributed by atoms with Crippen molar-refractivity contribution in [3.05, 3.63) is 70.0 Å². The van der Waals surface area contributed by atoms with Gasteiger partial charge < -0.3 is 0 Å². The van der Waals surface area contributed by atoms with Crippen LogP contribution in [-0.4, -0.2) is 0 Å². The number of unbranched alkanes of at least 4 members (excludes halogenated alkanes) is 4. The predicted molar refractivity (Wildman–Crippen MR) is 96.3 cm³/mol. The smallest absolute Gasteiger partial charge is 0.140 e. The summed E-state index contributed by atoms with van der Waals surface area (Å²) in [6.45, 7) is 2.23. The lowest BCUT2D eigenvalue weighted by molar-refractivity contribution is 0.624. The first-order chi connectivity index (χ1) is 11.2. The van der Waals surface area contributed by atoms with Crippen LogP contribution in [0.2, 0.25) is 5.02 Å². The molecule has 0 amide bonds. The van der Waals surface area contributed by atoms with Gasteiger partial charge in [0.05, 0.1) is 5.56 Å². The van der Waals surface area contributed by atoms with Gasteiger partial charge in [-0.15, -0.1) is 0 Å². The number of benzene rings is 2. The number of hydrogen-bond donors (Lipinski definition) is 0. The maximum Gasteiger partial charge on any atom is 0.140 e. The Labute approximate surface area is 143 Å². The minimum absolute atomic E-state index is 0.370. The molecule has 0 aliphatic carbocycles. The van der Waals surface area contributed by atoms with Crippen molar-refractivity contribution >= 4 is 11.6 Å². The van der Waals surface area contributed by atoms with Crippen LogP contribution in [0, 0.1) is 17.7 Å². The topological polar surface area (TPSA) is 0 Å². The van der Waals surface area contributed by atoms with Crippen molar-refractivity contribution in [3.63, 3.8) is 0 Å². The molecule has 0 aliphatic heterocycles. The molecule has 2 heteroatoms. The highest BCUT2D eigenvalue weighted by atomic mass is 35.5. The van der Waals surface area contributed by atoms with E-state index in [2.05, 4.69) is 30.9 Å². The van der Waals surface area contributed by atoms with Crippen molar-refractivity contribution in [2.45, 2.75) is 45.4 Å². The minimum Gasteiger partial charge on any atom is -0.206 e. The van der Waals surface area contributed by atoms with E-state index in [1.54, 1.807) is 12.1 Å². The zero-order valence-electron chi connectivity index (χ0n) is 13.5. The van der Waals surface area contributed by atoms with Crippen molar-refractivity contribution in [2.24, 2.45) is 0 Å². The fourth-order valence-corrected chi connectivity index (χ4v) is 2.58. The summed E-state index contributed by atoms with van der Waals surface area (Å²) in [5.41, 5.74) is 2.60. The molecule has 0 aromatic heterocycles. The average Bonchev–Trinajstić information content (AvgIpc) is 2.55. The van der Waals surface area contributed by atoms with Gasteiger partial charge in [0.2, 0.25) is 0 Å². The normalized spacial score (nSPS) is 10.2. The molecule has 0 atom stereocenters. The lowest BCUT2D eigenvalue weighted by Crippen LogP contribution is -1.87. The van der Waals surface area contributed by atoms with Crippen LogP contribution in [0.4, 0.5) is 4.39 Å². The largest absolute Gasteiger partial charge is 0.206 e. The third kappa shape index (κ3) is 6.08. The molecule has 0 nitrogen and oxygen atoms in total. The highest BCUT2D eigenvalue weighted by Crippen LogP contribution is 2.14. The Hall–Kier alpha value is -1.78. The fraction of sp³-hybridized carbons (Fsp3) is 0.333. The third-order valence-corrected chi connectivity index (χ3v) is 4.03. The van der Waals surface area contributed by atoms with Crippen molar-refractivity contribution < 1.29 is 4.39 Å². The second kappa shape index (κ2) is 9.38. The summed E-state index contributed by atoms with van der Waals surface area (Å²) in [4.78, 5) is 0. The second-order valence-corrected chi connectivity index (χ2v) is 6.17. The molecule has 0 spiro atoms. The van der Waals surface area contributed by atoms with Crippen LogP contribution >= 0.6 is 11.6 Å². The first-order valence-corrected chi connectivity index (χ1v) is 8.63. The molecule has 2 aromatic carbocycles. The first kappa shape index (κ1) is 17.6. The van der Waals surface area contributed by atoms with E-state index >= 15 is 0 Å². The fourth-order valence-electron chi connectivity index (χ4n) is 2.42. The summed E-state index contributed by atoms with van der Waals surface area (Å²) in [7, 11) is 0. The quantitative estimate of drug-likeness (QED) is 0.425. The van der Waals surface area contributed by atoms with Gasteiger partial charge in [-0.2, -0.15) is 0 Å². The summed E-state index contributed by atoms with van der Waals surface area (Å²) in [6, 6.07) is 12.8. The van der Waals surface area contributed by atoms with Gasteiger partial charge in [-0.1, -0.05) is 68.2 Å². The van der Waals surface area contributed by atoms with Crippen LogP contribution in [-0.2, 0) is 6.42 Å². The minimum atomic E-state index is -0.381. The Morgan fingerprint density at radius 2 is 1.65 bits per heavy atom. The molecule has 0 bridgehead atoms. The molecule has 0 N–H and O–H groups in total. The molecule has 0 saturated heterocycles. The average molecular weight is 329 g/mol. The lowest BCUT2D eigenvalue weighted by Gasteiger charge is -2.02. The number of hydrogen-bond acceptors (Lipinski definition) is 0. The molecule has 120 valence electrons. The van der Waals surface area contributed by atoms with E-state index < -0.39 is 0 Å².